The normalized spacial score (nSPS) is 15.8. The highest BCUT2D eigenvalue weighted by atomic mass is 32.2. The van der Waals surface area contributed by atoms with Gasteiger partial charge in [0.2, 0.25) is 10.0 Å². The van der Waals surface area contributed by atoms with Crippen LogP contribution in [0, 0.1) is 5.82 Å². The van der Waals surface area contributed by atoms with E-state index in [0.29, 0.717) is 12.1 Å². The number of rotatable bonds is 7. The Labute approximate surface area is 126 Å². The Bertz CT molecular complexity index is 596. The molecule has 0 fully saturated rings. The maximum Gasteiger partial charge on any atom is 0.211 e. The van der Waals surface area contributed by atoms with Gasteiger partial charge < -0.3 is 0 Å². The molecule has 0 saturated heterocycles. The molecule has 0 amide bonds. The van der Waals surface area contributed by atoms with Gasteiger partial charge in [-0.2, -0.15) is 0 Å². The first-order valence-corrected chi connectivity index (χ1v) is 9.11. The largest absolute Gasteiger partial charge is 0.215 e. The van der Waals surface area contributed by atoms with Gasteiger partial charge in [-0.25, -0.2) is 17.5 Å². The van der Waals surface area contributed by atoms with Gasteiger partial charge in [0, 0.05) is 6.54 Å². The molecule has 0 aliphatic heterocycles. The number of sulfonamides is 1. The number of benzene rings is 1. The molecule has 0 bridgehead atoms. The van der Waals surface area contributed by atoms with Gasteiger partial charge in [0.1, 0.15) is 5.82 Å². The van der Waals surface area contributed by atoms with Gasteiger partial charge >= 0.3 is 0 Å². The minimum atomic E-state index is -3.34. The number of hydrogen-bond acceptors (Lipinski definition) is 2. The van der Waals surface area contributed by atoms with Crippen molar-refractivity contribution < 1.29 is 12.8 Å². The first kappa shape index (κ1) is 16.2. The molecule has 5 heteroatoms. The molecule has 116 valence electrons. The predicted molar refractivity (Wildman–Crippen MR) is 83.1 cm³/mol. The summed E-state index contributed by atoms with van der Waals surface area (Å²) >= 11 is 0. The van der Waals surface area contributed by atoms with Crippen molar-refractivity contribution in [2.75, 3.05) is 12.3 Å². The van der Waals surface area contributed by atoms with Gasteiger partial charge in [-0.15, -0.1) is 0 Å². The first-order chi connectivity index (χ1) is 10.1. The molecule has 0 heterocycles. The molecule has 0 unspecified atom stereocenters. The molecule has 0 aromatic heterocycles. The van der Waals surface area contributed by atoms with Crippen LogP contribution >= 0.6 is 0 Å². The summed E-state index contributed by atoms with van der Waals surface area (Å²) in [6, 6.07) is 6.29. The van der Waals surface area contributed by atoms with Crippen molar-refractivity contribution in [2.24, 2.45) is 0 Å². The SMILES string of the molecule is O=S(=O)(CCc1ccccc1F)NCCC1=CCCCC1. The fraction of sp³-hybridized carbons (Fsp3) is 0.500. The third-order valence-electron chi connectivity index (χ3n) is 3.75. The van der Waals surface area contributed by atoms with Crippen LogP contribution in [0.5, 0.6) is 0 Å². The summed E-state index contributed by atoms with van der Waals surface area (Å²) in [5.41, 5.74) is 1.79. The predicted octanol–water partition coefficient (Wildman–Crippen LogP) is 3.18. The molecule has 1 aliphatic rings. The molecule has 1 aromatic carbocycles. The molecular formula is C16H22FNO2S. The Kier molecular flexibility index (Phi) is 5.94. The van der Waals surface area contributed by atoms with Gasteiger partial charge in [0.25, 0.3) is 0 Å². The van der Waals surface area contributed by atoms with E-state index in [1.54, 1.807) is 18.2 Å². The number of halogens is 1. The lowest BCUT2D eigenvalue weighted by Crippen LogP contribution is -2.28. The molecule has 0 saturated carbocycles. The summed E-state index contributed by atoms with van der Waals surface area (Å²) < 4.78 is 39.8. The minimum Gasteiger partial charge on any atom is -0.215 e. The zero-order valence-corrected chi connectivity index (χ0v) is 13.0. The Morgan fingerprint density at radius 3 is 2.67 bits per heavy atom. The molecule has 0 radical (unpaired) electrons. The lowest BCUT2D eigenvalue weighted by atomic mass is 9.97. The minimum absolute atomic E-state index is 0.0764. The van der Waals surface area contributed by atoms with E-state index in [4.69, 9.17) is 0 Å². The standard InChI is InChI=1S/C16H22FNO2S/c17-16-9-5-4-8-15(16)11-13-21(19,20)18-12-10-14-6-2-1-3-7-14/h4-6,8-9,18H,1-3,7,10-13H2. The lowest BCUT2D eigenvalue weighted by Gasteiger charge is -2.13. The number of aryl methyl sites for hydroxylation is 1. The van der Waals surface area contributed by atoms with Gasteiger partial charge in [0.05, 0.1) is 5.75 Å². The van der Waals surface area contributed by atoms with E-state index in [2.05, 4.69) is 10.8 Å². The second-order valence-corrected chi connectivity index (χ2v) is 7.34. The average Bonchev–Trinajstić information content (AvgIpc) is 2.47. The van der Waals surface area contributed by atoms with Crippen molar-refractivity contribution >= 4 is 10.0 Å². The van der Waals surface area contributed by atoms with E-state index in [1.165, 1.54) is 24.5 Å². The number of allylic oxidation sites excluding steroid dienone is 1. The van der Waals surface area contributed by atoms with Crippen LogP contribution in [0.2, 0.25) is 0 Å². The number of nitrogens with one attached hydrogen (secondary N) is 1. The van der Waals surface area contributed by atoms with Crippen LogP contribution in [0.4, 0.5) is 4.39 Å². The van der Waals surface area contributed by atoms with Crippen LogP contribution in [0.1, 0.15) is 37.7 Å². The van der Waals surface area contributed by atoms with Crippen molar-refractivity contribution in [2.45, 2.75) is 38.5 Å². The van der Waals surface area contributed by atoms with Gasteiger partial charge in [-0.05, 0) is 50.2 Å². The molecule has 2 rings (SSSR count). The Morgan fingerprint density at radius 2 is 1.95 bits per heavy atom. The van der Waals surface area contributed by atoms with Crippen LogP contribution in [-0.4, -0.2) is 20.7 Å². The third-order valence-corrected chi connectivity index (χ3v) is 5.14. The quantitative estimate of drug-likeness (QED) is 0.786. The van der Waals surface area contributed by atoms with Gasteiger partial charge in [-0.3, -0.25) is 0 Å². The van der Waals surface area contributed by atoms with Crippen molar-refractivity contribution in [3.8, 4) is 0 Å². The molecule has 0 spiro atoms. The van der Waals surface area contributed by atoms with Crippen LogP contribution in [0.3, 0.4) is 0 Å². The van der Waals surface area contributed by atoms with Crippen molar-refractivity contribution in [3.63, 3.8) is 0 Å². The van der Waals surface area contributed by atoms with Crippen LogP contribution in [-0.2, 0) is 16.4 Å². The number of hydrogen-bond donors (Lipinski definition) is 1. The zero-order valence-electron chi connectivity index (χ0n) is 12.1. The van der Waals surface area contributed by atoms with Crippen LogP contribution in [0.25, 0.3) is 0 Å². The summed E-state index contributed by atoms with van der Waals surface area (Å²) in [7, 11) is -3.34. The Hall–Kier alpha value is -1.20. The first-order valence-electron chi connectivity index (χ1n) is 7.45. The van der Waals surface area contributed by atoms with Crippen molar-refractivity contribution in [1.82, 2.24) is 4.72 Å². The average molecular weight is 311 g/mol. The van der Waals surface area contributed by atoms with E-state index < -0.39 is 10.0 Å². The van der Waals surface area contributed by atoms with Gasteiger partial charge in [0.15, 0.2) is 0 Å². The molecule has 1 aromatic rings. The van der Waals surface area contributed by atoms with E-state index in [9.17, 15) is 12.8 Å². The van der Waals surface area contributed by atoms with Crippen LogP contribution < -0.4 is 4.72 Å². The van der Waals surface area contributed by atoms with Crippen LogP contribution in [0.15, 0.2) is 35.9 Å². The van der Waals surface area contributed by atoms with E-state index in [-0.39, 0.29) is 18.0 Å². The maximum absolute atomic E-state index is 13.4. The Balaban J connectivity index is 1.77. The molecule has 21 heavy (non-hydrogen) atoms. The summed E-state index contributed by atoms with van der Waals surface area (Å²) in [5.74, 6) is -0.424. The topological polar surface area (TPSA) is 46.2 Å². The monoisotopic (exact) mass is 311 g/mol. The fourth-order valence-corrected chi connectivity index (χ4v) is 3.56. The van der Waals surface area contributed by atoms with E-state index in [1.807, 2.05) is 0 Å². The second-order valence-electron chi connectivity index (χ2n) is 5.41. The highest BCUT2D eigenvalue weighted by Crippen LogP contribution is 2.19. The molecule has 0 atom stereocenters. The maximum atomic E-state index is 13.4. The smallest absolute Gasteiger partial charge is 0.211 e. The highest BCUT2D eigenvalue weighted by molar-refractivity contribution is 7.89. The van der Waals surface area contributed by atoms with E-state index in [0.717, 1.165) is 19.3 Å². The summed E-state index contributed by atoms with van der Waals surface area (Å²) in [6.45, 7) is 0.436. The van der Waals surface area contributed by atoms with Crippen molar-refractivity contribution in [3.05, 3.63) is 47.3 Å². The van der Waals surface area contributed by atoms with Crippen molar-refractivity contribution in [1.29, 1.82) is 0 Å². The lowest BCUT2D eigenvalue weighted by molar-refractivity contribution is 0.576. The summed E-state index contributed by atoms with van der Waals surface area (Å²) in [4.78, 5) is 0. The summed E-state index contributed by atoms with van der Waals surface area (Å²) in [6.07, 6.45) is 7.82. The zero-order chi connectivity index (χ0) is 15.1. The Morgan fingerprint density at radius 1 is 1.14 bits per heavy atom. The fourth-order valence-electron chi connectivity index (χ4n) is 2.52. The highest BCUT2D eigenvalue weighted by Gasteiger charge is 2.12. The molecule has 1 aliphatic carbocycles. The van der Waals surface area contributed by atoms with Gasteiger partial charge in [-0.1, -0.05) is 29.8 Å². The summed E-state index contributed by atoms with van der Waals surface area (Å²) in [5, 5.41) is 0. The third kappa shape index (κ3) is 5.59. The second kappa shape index (κ2) is 7.71. The van der Waals surface area contributed by atoms with E-state index >= 15 is 0 Å². The molecule has 1 N–H and O–H groups in total. The molecular weight excluding hydrogens is 289 g/mol. The molecule has 3 nitrogen and oxygen atoms in total.